The van der Waals surface area contributed by atoms with Gasteiger partial charge in [-0.15, -0.1) is 0 Å². The van der Waals surface area contributed by atoms with Crippen molar-refractivity contribution in [3.05, 3.63) is 47.8 Å². The lowest BCUT2D eigenvalue weighted by Gasteiger charge is -2.25. The van der Waals surface area contributed by atoms with Crippen LogP contribution in [-0.4, -0.2) is 39.6 Å². The van der Waals surface area contributed by atoms with E-state index >= 15 is 0 Å². The Morgan fingerprint density at radius 2 is 2.03 bits per heavy atom. The van der Waals surface area contributed by atoms with Crippen LogP contribution in [0.2, 0.25) is 0 Å². The van der Waals surface area contributed by atoms with Gasteiger partial charge >= 0.3 is 0 Å². The van der Waals surface area contributed by atoms with E-state index in [0.29, 0.717) is 30.7 Å². The topological polar surface area (TPSA) is 98.1 Å². The molecule has 174 valence electrons. The number of aryl methyl sites for hydroxylation is 1. The summed E-state index contributed by atoms with van der Waals surface area (Å²) in [7, 11) is 1.63. The van der Waals surface area contributed by atoms with Crippen LogP contribution >= 0.6 is 0 Å². The number of fused-ring (bicyclic) bond motifs is 1. The Balaban J connectivity index is 1.66. The Bertz CT molecular complexity index is 1150. The number of Topliss-reactive ketones (excluding diaryl/α,β-unsaturated/α-hetero) is 1. The molecule has 1 aromatic carbocycles. The van der Waals surface area contributed by atoms with Crippen LogP contribution in [0, 0.1) is 0 Å². The van der Waals surface area contributed by atoms with Gasteiger partial charge in [0.2, 0.25) is 0 Å². The molecule has 33 heavy (non-hydrogen) atoms. The molecule has 1 amide bonds. The molecular weight excluding hydrogens is 418 g/mol. The number of nitrogens with one attached hydrogen (secondary N) is 2. The Morgan fingerprint density at radius 1 is 1.24 bits per heavy atom. The minimum atomic E-state index is -0.197. The van der Waals surface area contributed by atoms with E-state index in [1.807, 2.05) is 42.8 Å². The number of ether oxygens (including phenoxy) is 1. The summed E-state index contributed by atoms with van der Waals surface area (Å²) in [5.74, 6) is 0.857. The number of benzene rings is 1. The van der Waals surface area contributed by atoms with Crippen molar-refractivity contribution in [2.75, 3.05) is 12.4 Å². The molecule has 1 unspecified atom stereocenters. The van der Waals surface area contributed by atoms with Crippen molar-refractivity contribution in [1.29, 1.82) is 0 Å². The van der Waals surface area contributed by atoms with Gasteiger partial charge < -0.3 is 15.4 Å². The normalized spacial score (nSPS) is 15.4. The molecule has 0 saturated heterocycles. The summed E-state index contributed by atoms with van der Waals surface area (Å²) in [6.07, 6.45) is 6.76. The molecule has 1 fully saturated rings. The third-order valence-corrected chi connectivity index (χ3v) is 6.31. The first-order valence-electron chi connectivity index (χ1n) is 11.6. The molecule has 0 radical (unpaired) electrons. The van der Waals surface area contributed by atoms with Crippen molar-refractivity contribution >= 4 is 28.4 Å². The Morgan fingerprint density at radius 3 is 2.73 bits per heavy atom. The fourth-order valence-electron chi connectivity index (χ4n) is 4.39. The quantitative estimate of drug-likeness (QED) is 0.533. The molecule has 8 heteroatoms. The summed E-state index contributed by atoms with van der Waals surface area (Å²) < 4.78 is 7.16. The molecule has 0 bridgehead atoms. The largest absolute Gasteiger partial charge is 0.497 e. The first kappa shape index (κ1) is 22.8. The minimum absolute atomic E-state index is 0.130. The van der Waals surface area contributed by atoms with Crippen molar-refractivity contribution in [2.45, 2.75) is 64.6 Å². The van der Waals surface area contributed by atoms with Crippen LogP contribution in [0.4, 0.5) is 5.69 Å². The number of hydrogen-bond acceptors (Lipinski definition) is 6. The second-order valence-corrected chi connectivity index (χ2v) is 8.41. The van der Waals surface area contributed by atoms with Gasteiger partial charge in [-0.3, -0.25) is 9.59 Å². The van der Waals surface area contributed by atoms with Crippen LogP contribution in [-0.2, 0) is 11.3 Å². The van der Waals surface area contributed by atoms with Gasteiger partial charge in [0.1, 0.15) is 11.5 Å². The summed E-state index contributed by atoms with van der Waals surface area (Å²) in [5, 5.41) is 12.0. The molecule has 1 saturated carbocycles. The lowest BCUT2D eigenvalue weighted by molar-refractivity contribution is -0.120. The number of hydrogen-bond donors (Lipinski definition) is 2. The van der Waals surface area contributed by atoms with Crippen molar-refractivity contribution < 1.29 is 14.3 Å². The molecule has 0 spiro atoms. The fourth-order valence-corrected chi connectivity index (χ4v) is 4.39. The van der Waals surface area contributed by atoms with E-state index in [1.165, 1.54) is 0 Å². The second-order valence-electron chi connectivity index (χ2n) is 8.41. The van der Waals surface area contributed by atoms with E-state index in [1.54, 1.807) is 19.5 Å². The van der Waals surface area contributed by atoms with Gasteiger partial charge in [-0.2, -0.15) is 5.10 Å². The first-order chi connectivity index (χ1) is 16.0. The number of aromatic nitrogens is 3. The van der Waals surface area contributed by atoms with Crippen molar-refractivity contribution in [1.82, 2.24) is 20.1 Å². The molecule has 1 atom stereocenters. The van der Waals surface area contributed by atoms with E-state index in [0.717, 1.165) is 47.3 Å². The maximum Gasteiger partial charge on any atom is 0.255 e. The summed E-state index contributed by atoms with van der Waals surface area (Å²) in [6.45, 7) is 4.73. The maximum absolute atomic E-state index is 13.5. The molecular formula is C25H31N5O3. The zero-order chi connectivity index (χ0) is 23.4. The molecule has 2 N–H and O–H groups in total. The molecule has 8 nitrogen and oxygen atoms in total. The standard InChI is InChI=1S/C25H31N5O3/c1-4-22(16-7-6-8-19(13-16)33-3)29-25(32)21-14-26-24-20(15-27-30(24)5-2)23(21)28-17-9-11-18(31)12-10-17/h6-8,13-15,17,22H,4-5,9-12H2,1-3H3,(H,26,28)(H,29,32). The average molecular weight is 450 g/mol. The number of nitrogens with zero attached hydrogens (tertiary/aromatic N) is 3. The lowest BCUT2D eigenvalue weighted by Crippen LogP contribution is -2.31. The molecule has 2 heterocycles. The Labute approximate surface area is 193 Å². The van der Waals surface area contributed by atoms with Gasteiger partial charge in [0, 0.05) is 31.6 Å². The zero-order valence-electron chi connectivity index (χ0n) is 19.4. The molecule has 1 aliphatic rings. The number of methoxy groups -OCH3 is 1. The van der Waals surface area contributed by atoms with Crippen molar-refractivity contribution in [3.63, 3.8) is 0 Å². The smallest absolute Gasteiger partial charge is 0.255 e. The predicted octanol–water partition coefficient (Wildman–Crippen LogP) is 4.26. The third-order valence-electron chi connectivity index (χ3n) is 6.31. The average Bonchev–Trinajstić information content (AvgIpc) is 3.27. The number of amides is 1. The second kappa shape index (κ2) is 10.0. The predicted molar refractivity (Wildman–Crippen MR) is 128 cm³/mol. The maximum atomic E-state index is 13.5. The number of rotatable bonds is 8. The fraction of sp³-hybridized carbons (Fsp3) is 0.440. The van der Waals surface area contributed by atoms with Crippen LogP contribution in [0.1, 0.15) is 67.9 Å². The summed E-state index contributed by atoms with van der Waals surface area (Å²) in [4.78, 5) is 29.7. The van der Waals surface area contributed by atoms with E-state index in [4.69, 9.17) is 4.74 Å². The van der Waals surface area contributed by atoms with Crippen molar-refractivity contribution in [3.8, 4) is 5.75 Å². The highest BCUT2D eigenvalue weighted by Crippen LogP contribution is 2.30. The number of anilines is 1. The highest BCUT2D eigenvalue weighted by atomic mass is 16.5. The van der Waals surface area contributed by atoms with E-state index < -0.39 is 0 Å². The van der Waals surface area contributed by atoms with Crippen LogP contribution in [0.5, 0.6) is 5.75 Å². The van der Waals surface area contributed by atoms with Crippen LogP contribution in [0.25, 0.3) is 11.0 Å². The molecule has 0 aliphatic heterocycles. The van der Waals surface area contributed by atoms with Gasteiger partial charge in [-0.25, -0.2) is 9.67 Å². The van der Waals surface area contributed by atoms with Gasteiger partial charge in [-0.1, -0.05) is 19.1 Å². The Kier molecular flexibility index (Phi) is 6.91. The Hall–Kier alpha value is -3.42. The monoisotopic (exact) mass is 449 g/mol. The molecule has 1 aliphatic carbocycles. The van der Waals surface area contributed by atoms with Crippen molar-refractivity contribution in [2.24, 2.45) is 0 Å². The van der Waals surface area contributed by atoms with Gasteiger partial charge in [0.15, 0.2) is 5.65 Å². The SMILES string of the molecule is CCC(NC(=O)c1cnc2c(cnn2CC)c1NC1CCC(=O)CC1)c1cccc(OC)c1. The van der Waals surface area contributed by atoms with E-state index in [2.05, 4.69) is 20.7 Å². The lowest BCUT2D eigenvalue weighted by atomic mass is 9.94. The van der Waals surface area contributed by atoms with Crippen LogP contribution in [0.3, 0.4) is 0 Å². The van der Waals surface area contributed by atoms with E-state index in [9.17, 15) is 9.59 Å². The highest BCUT2D eigenvalue weighted by Gasteiger charge is 2.25. The van der Waals surface area contributed by atoms with Gasteiger partial charge in [0.05, 0.1) is 36.0 Å². The van der Waals surface area contributed by atoms with E-state index in [-0.39, 0.29) is 18.0 Å². The van der Waals surface area contributed by atoms with Crippen LogP contribution < -0.4 is 15.4 Å². The molecule has 2 aromatic heterocycles. The third kappa shape index (κ3) is 4.84. The number of carbonyl (C=O) groups is 2. The number of ketones is 1. The van der Waals surface area contributed by atoms with Gasteiger partial charge in [-0.05, 0) is 43.9 Å². The highest BCUT2D eigenvalue weighted by molar-refractivity contribution is 6.06. The summed E-state index contributed by atoms with van der Waals surface area (Å²) >= 11 is 0. The molecule has 3 aromatic rings. The summed E-state index contributed by atoms with van der Waals surface area (Å²) in [5.41, 5.74) is 2.94. The number of pyridine rings is 1. The number of carbonyl (C=O) groups excluding carboxylic acids is 2. The minimum Gasteiger partial charge on any atom is -0.497 e. The van der Waals surface area contributed by atoms with Gasteiger partial charge in [0.25, 0.3) is 5.91 Å². The molecule has 4 rings (SSSR count). The summed E-state index contributed by atoms with van der Waals surface area (Å²) in [6, 6.07) is 7.71. The zero-order valence-corrected chi connectivity index (χ0v) is 19.4. The first-order valence-corrected chi connectivity index (χ1v) is 11.6. The van der Waals surface area contributed by atoms with Crippen LogP contribution in [0.15, 0.2) is 36.7 Å².